The van der Waals surface area contributed by atoms with Crippen LogP contribution in [0.2, 0.25) is 0 Å². The predicted molar refractivity (Wildman–Crippen MR) is 48.5 cm³/mol. The van der Waals surface area contributed by atoms with Gasteiger partial charge in [0.1, 0.15) is 5.82 Å². The van der Waals surface area contributed by atoms with E-state index in [0.717, 1.165) is 12.3 Å². The zero-order valence-electron chi connectivity index (χ0n) is 6.99. The van der Waals surface area contributed by atoms with Crippen LogP contribution in [0.1, 0.15) is 0 Å². The van der Waals surface area contributed by atoms with E-state index in [2.05, 4.69) is 0 Å². The van der Waals surface area contributed by atoms with E-state index in [4.69, 9.17) is 5.02 Å². The van der Waals surface area contributed by atoms with Crippen LogP contribution in [0.3, 0.4) is 0 Å². The summed E-state index contributed by atoms with van der Waals surface area (Å²) in [5, 5.41) is 8.62. The van der Waals surface area contributed by atoms with Crippen LogP contribution in [0.5, 0.6) is 0 Å². The van der Waals surface area contributed by atoms with Gasteiger partial charge in [-0.15, -0.1) is 0 Å². The first-order valence-corrected chi connectivity index (χ1v) is 5.43. The first-order chi connectivity index (χ1) is 5.95. The van der Waals surface area contributed by atoms with Crippen LogP contribution in [-0.2, 0) is 9.84 Å². The highest BCUT2D eigenvalue weighted by molar-refractivity contribution is 7.90. The Labute approximate surface area is 76.4 Å². The van der Waals surface area contributed by atoms with Gasteiger partial charge in [-0.05, 0) is 17.6 Å². The van der Waals surface area contributed by atoms with Crippen LogP contribution in [0.15, 0.2) is 23.1 Å². The van der Waals surface area contributed by atoms with E-state index in [-0.39, 0.29) is 10.4 Å². The highest BCUT2D eigenvalue weighted by atomic mass is 32.2. The summed E-state index contributed by atoms with van der Waals surface area (Å²) in [4.78, 5) is -0.0813. The van der Waals surface area contributed by atoms with Crippen LogP contribution in [0.25, 0.3) is 0 Å². The van der Waals surface area contributed by atoms with Crippen LogP contribution in [0, 0.1) is 5.82 Å². The quantitative estimate of drug-likeness (QED) is 0.638. The summed E-state index contributed by atoms with van der Waals surface area (Å²) in [5.74, 6) is -0.703. The van der Waals surface area contributed by atoms with Crippen molar-refractivity contribution in [2.24, 2.45) is 0 Å². The van der Waals surface area contributed by atoms with Gasteiger partial charge in [-0.1, -0.05) is 6.07 Å². The molecule has 0 unspecified atom stereocenters. The van der Waals surface area contributed by atoms with Gasteiger partial charge in [-0.2, -0.15) is 0 Å². The first-order valence-electron chi connectivity index (χ1n) is 3.54. The summed E-state index contributed by atoms with van der Waals surface area (Å²) in [5.41, 5.74) is 0.0902. The van der Waals surface area contributed by atoms with Gasteiger partial charge in [0.05, 0.1) is 4.90 Å². The molecule has 0 aromatic heterocycles. The number of benzene rings is 1. The van der Waals surface area contributed by atoms with E-state index in [9.17, 15) is 12.8 Å². The van der Waals surface area contributed by atoms with Crippen molar-refractivity contribution < 1.29 is 17.8 Å². The van der Waals surface area contributed by atoms with Gasteiger partial charge in [-0.3, -0.25) is 0 Å². The average Bonchev–Trinajstić information content (AvgIpc) is 2.02. The van der Waals surface area contributed by atoms with Crippen molar-refractivity contribution >= 4 is 22.8 Å². The Hall–Kier alpha value is -0.875. The van der Waals surface area contributed by atoms with Crippen molar-refractivity contribution in [1.82, 2.24) is 0 Å². The maximum absolute atomic E-state index is 13.0. The molecule has 0 amide bonds. The van der Waals surface area contributed by atoms with Crippen LogP contribution in [-0.4, -0.2) is 27.2 Å². The maximum atomic E-state index is 13.0. The van der Waals surface area contributed by atoms with Crippen molar-refractivity contribution in [3.63, 3.8) is 0 Å². The molecule has 6 heteroatoms. The molecule has 1 rings (SSSR count). The number of hydrogen-bond donors (Lipinski definition) is 1. The lowest BCUT2D eigenvalue weighted by molar-refractivity contribution is 0.592. The number of rotatable bonds is 2. The van der Waals surface area contributed by atoms with Gasteiger partial charge in [0, 0.05) is 6.26 Å². The van der Waals surface area contributed by atoms with Crippen molar-refractivity contribution in [2.45, 2.75) is 4.90 Å². The fourth-order valence-corrected chi connectivity index (χ4v) is 1.52. The summed E-state index contributed by atoms with van der Waals surface area (Å²) in [6.07, 6.45) is 1.00. The van der Waals surface area contributed by atoms with Crippen LogP contribution < -0.4 is 5.46 Å². The van der Waals surface area contributed by atoms with Gasteiger partial charge in [0.2, 0.25) is 0 Å². The SMILES string of the molecule is CS(=O)(=O)c1ccc(BO)c(F)c1. The summed E-state index contributed by atoms with van der Waals surface area (Å²) < 4.78 is 34.9. The molecule has 1 N–H and O–H groups in total. The summed E-state index contributed by atoms with van der Waals surface area (Å²) >= 11 is 0. The highest BCUT2D eigenvalue weighted by Gasteiger charge is 2.10. The molecule has 0 aliphatic heterocycles. The molecule has 0 heterocycles. The number of sulfone groups is 1. The summed E-state index contributed by atoms with van der Waals surface area (Å²) in [6, 6.07) is 3.43. The third kappa shape index (κ3) is 2.29. The van der Waals surface area contributed by atoms with Gasteiger partial charge >= 0.3 is 7.48 Å². The minimum atomic E-state index is -3.37. The molecule has 3 nitrogen and oxygen atoms in total. The molecule has 13 heavy (non-hydrogen) atoms. The molecule has 0 radical (unpaired) electrons. The van der Waals surface area contributed by atoms with Gasteiger partial charge in [-0.25, -0.2) is 12.8 Å². The Balaban J connectivity index is 3.26. The molecule has 0 saturated heterocycles. The second kappa shape index (κ2) is 3.47. The lowest BCUT2D eigenvalue weighted by atomic mass is 9.88. The third-order valence-electron chi connectivity index (χ3n) is 1.62. The van der Waals surface area contributed by atoms with Gasteiger partial charge < -0.3 is 5.02 Å². The Morgan fingerprint density at radius 3 is 2.46 bits per heavy atom. The molecular formula is C7H8BFO3S. The van der Waals surface area contributed by atoms with Crippen LogP contribution >= 0.6 is 0 Å². The van der Waals surface area contributed by atoms with E-state index < -0.39 is 23.1 Å². The molecule has 0 atom stereocenters. The highest BCUT2D eigenvalue weighted by Crippen LogP contribution is 2.08. The van der Waals surface area contributed by atoms with E-state index in [0.29, 0.717) is 0 Å². The fraction of sp³-hybridized carbons (Fsp3) is 0.143. The molecular weight excluding hydrogens is 194 g/mol. The summed E-state index contributed by atoms with van der Waals surface area (Å²) in [7, 11) is -3.81. The molecule has 70 valence electrons. The molecule has 0 saturated carbocycles. The zero-order chi connectivity index (χ0) is 10.1. The van der Waals surface area contributed by atoms with Crippen molar-refractivity contribution in [1.29, 1.82) is 0 Å². The second-order valence-corrected chi connectivity index (χ2v) is 4.70. The molecule has 0 aliphatic carbocycles. The molecule has 1 aromatic rings. The van der Waals surface area contributed by atoms with E-state index in [1.54, 1.807) is 0 Å². The predicted octanol–water partition coefficient (Wildman–Crippen LogP) is -0.802. The topological polar surface area (TPSA) is 54.4 Å². The van der Waals surface area contributed by atoms with Crippen molar-refractivity contribution in [3.8, 4) is 0 Å². The van der Waals surface area contributed by atoms with Gasteiger partial charge in [0.25, 0.3) is 0 Å². The minimum Gasteiger partial charge on any atom is -0.449 e. The molecule has 1 aromatic carbocycles. The van der Waals surface area contributed by atoms with E-state index in [1.807, 2.05) is 0 Å². The number of halogens is 1. The van der Waals surface area contributed by atoms with Crippen molar-refractivity contribution in [2.75, 3.05) is 6.26 Å². The monoisotopic (exact) mass is 202 g/mol. The van der Waals surface area contributed by atoms with E-state index in [1.165, 1.54) is 12.1 Å². The van der Waals surface area contributed by atoms with E-state index >= 15 is 0 Å². The fourth-order valence-electron chi connectivity index (χ4n) is 0.887. The average molecular weight is 202 g/mol. The standard InChI is InChI=1S/C7H8BFO3S/c1-13(11,12)5-2-3-6(8-10)7(9)4-5/h2-4,8,10H,1H3. The normalized spacial score (nSPS) is 11.3. The third-order valence-corrected chi connectivity index (χ3v) is 2.73. The van der Waals surface area contributed by atoms with Crippen LogP contribution in [0.4, 0.5) is 4.39 Å². The second-order valence-electron chi connectivity index (χ2n) is 2.68. The van der Waals surface area contributed by atoms with Crippen molar-refractivity contribution in [3.05, 3.63) is 24.0 Å². The molecule has 0 aliphatic rings. The Morgan fingerprint density at radius 2 is 2.08 bits per heavy atom. The largest absolute Gasteiger partial charge is 0.449 e. The summed E-state index contributed by atoms with van der Waals surface area (Å²) in [6.45, 7) is 0. The molecule has 0 fully saturated rings. The maximum Gasteiger partial charge on any atom is 0.307 e. The Kier molecular flexibility index (Phi) is 2.73. The molecule has 0 spiro atoms. The Morgan fingerprint density at radius 1 is 1.46 bits per heavy atom. The van der Waals surface area contributed by atoms with Gasteiger partial charge in [0.15, 0.2) is 9.84 Å². The zero-order valence-corrected chi connectivity index (χ0v) is 7.81. The Bertz CT molecular complexity index is 416. The lowest BCUT2D eigenvalue weighted by Crippen LogP contribution is -2.18. The smallest absolute Gasteiger partial charge is 0.307 e. The lowest BCUT2D eigenvalue weighted by Gasteiger charge is -2.00. The first kappa shape index (κ1) is 10.2. The molecule has 0 bridgehead atoms. The number of hydrogen-bond acceptors (Lipinski definition) is 3. The minimum absolute atomic E-state index is 0.0813.